The van der Waals surface area contributed by atoms with Gasteiger partial charge in [0.2, 0.25) is 0 Å². The number of carbonyl (C=O) groups excluding carboxylic acids is 2. The Hall–Kier alpha value is -3.47. The summed E-state index contributed by atoms with van der Waals surface area (Å²) in [6.07, 6.45) is -5.14. The van der Waals surface area contributed by atoms with Crippen LogP contribution >= 0.6 is 11.3 Å². The molecule has 1 aromatic heterocycles. The van der Waals surface area contributed by atoms with Gasteiger partial charge in [0, 0.05) is 11.6 Å². The zero-order chi connectivity index (χ0) is 25.2. The van der Waals surface area contributed by atoms with E-state index in [-0.39, 0.29) is 22.6 Å². The Morgan fingerprint density at radius 1 is 1.21 bits per heavy atom. The van der Waals surface area contributed by atoms with Gasteiger partial charge in [-0.05, 0) is 50.6 Å². The smallest absolute Gasteiger partial charge is 0.412 e. The molecule has 2 N–H and O–H groups in total. The minimum absolute atomic E-state index is 0.0222. The number of hydrogen-bond acceptors (Lipinski definition) is 5. The molecule has 0 aliphatic rings. The first-order chi connectivity index (χ1) is 15.9. The third kappa shape index (κ3) is 5.53. The highest BCUT2D eigenvalue weighted by Crippen LogP contribution is 2.33. The molecule has 0 aliphatic heterocycles. The van der Waals surface area contributed by atoms with Crippen molar-refractivity contribution < 1.29 is 31.9 Å². The van der Waals surface area contributed by atoms with E-state index in [1.54, 1.807) is 19.1 Å². The van der Waals surface area contributed by atoms with Crippen LogP contribution in [0.3, 0.4) is 0 Å². The van der Waals surface area contributed by atoms with Gasteiger partial charge in [-0.3, -0.25) is 9.59 Å². The highest BCUT2D eigenvalue weighted by molar-refractivity contribution is 7.19. The molecule has 1 atom stereocenters. The predicted molar refractivity (Wildman–Crippen MR) is 122 cm³/mol. The normalized spacial score (nSPS) is 12.3. The minimum atomic E-state index is -4.59. The van der Waals surface area contributed by atoms with Crippen LogP contribution in [0, 0.1) is 12.7 Å². The molecule has 0 spiro atoms. The van der Waals surface area contributed by atoms with Gasteiger partial charge in [-0.1, -0.05) is 6.58 Å². The number of fused-ring (bicyclic) bond motifs is 1. The van der Waals surface area contributed by atoms with Gasteiger partial charge in [0.05, 0.1) is 33.6 Å². The zero-order valence-corrected chi connectivity index (χ0v) is 19.3. The molecule has 34 heavy (non-hydrogen) atoms. The molecule has 2 amide bonds. The molecule has 0 fully saturated rings. The lowest BCUT2D eigenvalue weighted by atomic mass is 10.1. The molecule has 6 nitrogen and oxygen atoms in total. The number of ether oxygens (including phenoxy) is 1. The van der Waals surface area contributed by atoms with Crippen molar-refractivity contribution >= 4 is 39.1 Å². The van der Waals surface area contributed by atoms with Crippen LogP contribution < -0.4 is 15.4 Å². The highest BCUT2D eigenvalue weighted by atomic mass is 32.1. The first-order valence-electron chi connectivity index (χ1n) is 10.0. The number of rotatable bonds is 7. The lowest BCUT2D eigenvalue weighted by molar-refractivity contribution is -0.0941. The van der Waals surface area contributed by atoms with E-state index in [1.165, 1.54) is 31.4 Å². The van der Waals surface area contributed by atoms with Gasteiger partial charge in [0.15, 0.2) is 0 Å². The Kier molecular flexibility index (Phi) is 7.25. The Morgan fingerprint density at radius 2 is 1.91 bits per heavy atom. The Labute approximate surface area is 196 Å². The summed E-state index contributed by atoms with van der Waals surface area (Å²) >= 11 is 1.28. The van der Waals surface area contributed by atoms with Crippen LogP contribution in [0.4, 0.5) is 23.2 Å². The van der Waals surface area contributed by atoms with E-state index < -0.39 is 41.8 Å². The van der Waals surface area contributed by atoms with Crippen molar-refractivity contribution in [1.82, 2.24) is 10.3 Å². The van der Waals surface area contributed by atoms with E-state index in [1.807, 2.05) is 0 Å². The number of hydrogen-bond donors (Lipinski definition) is 2. The number of anilines is 1. The summed E-state index contributed by atoms with van der Waals surface area (Å²) < 4.78 is 58.0. The van der Waals surface area contributed by atoms with Crippen LogP contribution in [0.2, 0.25) is 0 Å². The van der Waals surface area contributed by atoms with Gasteiger partial charge >= 0.3 is 6.18 Å². The van der Waals surface area contributed by atoms with Crippen LogP contribution in [-0.2, 0) is 0 Å². The summed E-state index contributed by atoms with van der Waals surface area (Å²) in [7, 11) is 1.40. The largest absolute Gasteiger partial charge is 0.496 e. The maximum Gasteiger partial charge on any atom is 0.412 e. The summed E-state index contributed by atoms with van der Waals surface area (Å²) in [5.41, 5.74) is -0.496. The summed E-state index contributed by atoms with van der Waals surface area (Å²) in [4.78, 5) is 30.3. The molecule has 0 aliphatic carbocycles. The Bertz CT molecular complexity index is 1270. The second kappa shape index (κ2) is 9.80. The fraction of sp³-hybridized carbons (Fsp3) is 0.261. The molecule has 0 radical (unpaired) electrons. The average Bonchev–Trinajstić information content (AvgIpc) is 3.13. The van der Waals surface area contributed by atoms with Crippen molar-refractivity contribution in [2.24, 2.45) is 0 Å². The summed E-state index contributed by atoms with van der Waals surface area (Å²) in [5, 5.41) is 5.70. The van der Waals surface area contributed by atoms with Crippen molar-refractivity contribution in [1.29, 1.82) is 0 Å². The van der Waals surface area contributed by atoms with E-state index in [9.17, 15) is 27.2 Å². The molecule has 1 unspecified atom stereocenters. The van der Waals surface area contributed by atoms with E-state index in [0.717, 1.165) is 17.1 Å². The molecule has 3 rings (SSSR count). The SMILES string of the molecule is C=C(CC(C)NC(=O)c1cc(F)ccc1NC(=O)c1c(OC)ccc2nc(C)sc12)C(F)(F)F. The summed E-state index contributed by atoms with van der Waals surface area (Å²) in [6, 6.07) is 5.50. The molecular formula is C23H21F4N3O3S. The second-order valence-corrected chi connectivity index (χ2v) is 8.75. The standard InChI is InChI=1S/C23H21F4N3O3S/c1-11(23(25,26)27)9-12(2)28-21(31)15-10-14(24)5-6-16(15)30-22(32)19-18(33-4)8-7-17-20(19)34-13(3)29-17/h5-8,10,12H,1,9H2,2-4H3,(H,28,31)(H,30,32). The molecule has 1 heterocycles. The monoisotopic (exact) mass is 495 g/mol. The molecule has 180 valence electrons. The molecule has 3 aromatic rings. The van der Waals surface area contributed by atoms with Crippen LogP contribution in [0.15, 0.2) is 42.5 Å². The fourth-order valence-corrected chi connectivity index (χ4v) is 4.26. The van der Waals surface area contributed by atoms with Gasteiger partial charge < -0.3 is 15.4 Å². The molecule has 0 bridgehead atoms. The van der Waals surface area contributed by atoms with Crippen molar-refractivity contribution in [3.63, 3.8) is 0 Å². The number of halogens is 4. The van der Waals surface area contributed by atoms with Crippen LogP contribution in [0.5, 0.6) is 5.75 Å². The van der Waals surface area contributed by atoms with Crippen molar-refractivity contribution in [3.05, 3.63) is 64.4 Å². The lowest BCUT2D eigenvalue weighted by Gasteiger charge is -2.18. The van der Waals surface area contributed by atoms with Crippen LogP contribution in [0.1, 0.15) is 39.1 Å². The van der Waals surface area contributed by atoms with Crippen molar-refractivity contribution in [3.8, 4) is 5.75 Å². The number of carbonyl (C=O) groups is 2. The van der Waals surface area contributed by atoms with E-state index in [4.69, 9.17) is 4.74 Å². The quantitative estimate of drug-likeness (QED) is 0.329. The molecule has 0 saturated heterocycles. The first-order valence-corrected chi connectivity index (χ1v) is 10.8. The van der Waals surface area contributed by atoms with Gasteiger partial charge in [0.25, 0.3) is 11.8 Å². The topological polar surface area (TPSA) is 80.3 Å². The van der Waals surface area contributed by atoms with Crippen molar-refractivity contribution in [2.45, 2.75) is 32.5 Å². The number of alkyl halides is 3. The van der Waals surface area contributed by atoms with Crippen LogP contribution in [0.25, 0.3) is 10.2 Å². The Morgan fingerprint density at radius 3 is 2.56 bits per heavy atom. The number of amides is 2. The third-order valence-corrected chi connectivity index (χ3v) is 5.88. The van der Waals surface area contributed by atoms with Gasteiger partial charge in [0.1, 0.15) is 17.1 Å². The number of aryl methyl sites for hydroxylation is 1. The summed E-state index contributed by atoms with van der Waals surface area (Å²) in [5.74, 6) is -1.95. The molecule has 11 heteroatoms. The fourth-order valence-electron chi connectivity index (χ4n) is 3.31. The van der Waals surface area contributed by atoms with Crippen molar-refractivity contribution in [2.75, 3.05) is 12.4 Å². The zero-order valence-electron chi connectivity index (χ0n) is 18.5. The number of nitrogens with one attached hydrogen (secondary N) is 2. The van der Waals surface area contributed by atoms with E-state index in [2.05, 4.69) is 22.2 Å². The maximum absolute atomic E-state index is 13.9. The maximum atomic E-state index is 13.9. The van der Waals surface area contributed by atoms with E-state index >= 15 is 0 Å². The highest BCUT2D eigenvalue weighted by Gasteiger charge is 2.33. The number of nitrogens with zero attached hydrogens (tertiary/aromatic N) is 1. The molecule has 0 saturated carbocycles. The van der Waals surface area contributed by atoms with Gasteiger partial charge in [-0.25, -0.2) is 9.37 Å². The lowest BCUT2D eigenvalue weighted by Crippen LogP contribution is -2.34. The average molecular weight is 495 g/mol. The summed E-state index contributed by atoms with van der Waals surface area (Å²) in [6.45, 7) is 6.14. The Balaban J connectivity index is 1.89. The second-order valence-electron chi connectivity index (χ2n) is 7.55. The number of methoxy groups -OCH3 is 1. The van der Waals surface area contributed by atoms with Gasteiger partial charge in [-0.2, -0.15) is 13.2 Å². The van der Waals surface area contributed by atoms with Gasteiger partial charge in [-0.15, -0.1) is 11.3 Å². The number of aromatic nitrogens is 1. The molecule has 2 aromatic carbocycles. The number of benzene rings is 2. The first kappa shape index (κ1) is 25.2. The minimum Gasteiger partial charge on any atom is -0.496 e. The third-order valence-electron chi connectivity index (χ3n) is 4.88. The van der Waals surface area contributed by atoms with E-state index in [0.29, 0.717) is 10.2 Å². The molecular weight excluding hydrogens is 474 g/mol. The number of thiazole rings is 1. The van der Waals surface area contributed by atoms with Crippen LogP contribution in [-0.4, -0.2) is 36.1 Å². The predicted octanol–water partition coefficient (Wildman–Crippen LogP) is 5.63.